The Kier molecular flexibility index (Phi) is 3.47. The molecule has 1 aliphatic heterocycles. The van der Waals surface area contributed by atoms with Gasteiger partial charge < -0.3 is 5.32 Å². The third-order valence-corrected chi connectivity index (χ3v) is 4.05. The van der Waals surface area contributed by atoms with Gasteiger partial charge in [0.2, 0.25) is 5.91 Å². The van der Waals surface area contributed by atoms with Crippen LogP contribution in [0.15, 0.2) is 24.3 Å². The fourth-order valence-corrected chi connectivity index (χ4v) is 2.89. The molecule has 1 aliphatic rings. The lowest BCUT2D eigenvalue weighted by atomic mass is 9.73. The minimum Gasteiger partial charge on any atom is -0.352 e. The topological polar surface area (TPSA) is 29.1 Å². The number of hydrogen-bond acceptors (Lipinski definition) is 1. The maximum atomic E-state index is 11.8. The fourth-order valence-electron chi connectivity index (χ4n) is 2.89. The summed E-state index contributed by atoms with van der Waals surface area (Å²) in [5.74, 6) is 0.780. The van der Waals surface area contributed by atoms with Crippen molar-refractivity contribution in [3.63, 3.8) is 0 Å². The van der Waals surface area contributed by atoms with E-state index < -0.39 is 0 Å². The summed E-state index contributed by atoms with van der Waals surface area (Å²) in [7, 11) is 0. The summed E-state index contributed by atoms with van der Waals surface area (Å²) in [5.41, 5.74) is 2.48. The lowest BCUT2D eigenvalue weighted by Crippen LogP contribution is -2.39. The van der Waals surface area contributed by atoms with Crippen LogP contribution in [-0.2, 0) is 10.2 Å². The van der Waals surface area contributed by atoms with Crippen molar-refractivity contribution in [2.24, 2.45) is 5.92 Å². The van der Waals surface area contributed by atoms with Crippen molar-refractivity contribution in [1.82, 2.24) is 5.32 Å². The maximum absolute atomic E-state index is 11.8. The molecular formula is C16H23NO. The highest BCUT2D eigenvalue weighted by Crippen LogP contribution is 2.38. The van der Waals surface area contributed by atoms with Crippen LogP contribution in [0.5, 0.6) is 0 Å². The minimum atomic E-state index is -0.0605. The van der Waals surface area contributed by atoms with Gasteiger partial charge in [0.05, 0.1) is 0 Å². The highest BCUT2D eigenvalue weighted by atomic mass is 16.2. The number of amides is 1. The minimum absolute atomic E-state index is 0.0605. The molecule has 98 valence electrons. The second-order valence-electron chi connectivity index (χ2n) is 6.21. The molecule has 2 nitrogen and oxygen atoms in total. The van der Waals surface area contributed by atoms with Gasteiger partial charge in [-0.2, -0.15) is 0 Å². The molecule has 2 unspecified atom stereocenters. The Hall–Kier alpha value is -1.31. The monoisotopic (exact) mass is 245 g/mol. The lowest BCUT2D eigenvalue weighted by molar-refractivity contribution is -0.119. The molecule has 1 fully saturated rings. The third-order valence-electron chi connectivity index (χ3n) is 4.05. The van der Waals surface area contributed by atoms with Crippen molar-refractivity contribution in [3.05, 3.63) is 35.4 Å². The summed E-state index contributed by atoms with van der Waals surface area (Å²) in [6.07, 6.45) is 1.64. The largest absolute Gasteiger partial charge is 0.352 e. The van der Waals surface area contributed by atoms with Crippen LogP contribution in [-0.4, -0.2) is 11.9 Å². The van der Waals surface area contributed by atoms with Gasteiger partial charge in [0.1, 0.15) is 0 Å². The Bertz CT molecular complexity index is 435. The van der Waals surface area contributed by atoms with E-state index in [-0.39, 0.29) is 17.4 Å². The van der Waals surface area contributed by atoms with Crippen molar-refractivity contribution in [1.29, 1.82) is 0 Å². The molecular weight excluding hydrogens is 222 g/mol. The van der Waals surface area contributed by atoms with Crippen LogP contribution in [0.3, 0.4) is 0 Å². The van der Waals surface area contributed by atoms with Gasteiger partial charge in [-0.1, -0.05) is 50.6 Å². The van der Waals surface area contributed by atoms with Crippen molar-refractivity contribution in [3.8, 4) is 0 Å². The van der Waals surface area contributed by atoms with Gasteiger partial charge in [0.25, 0.3) is 0 Å². The predicted molar refractivity (Wildman–Crippen MR) is 74.5 cm³/mol. The van der Waals surface area contributed by atoms with Crippen LogP contribution in [0.1, 0.15) is 44.7 Å². The van der Waals surface area contributed by atoms with Gasteiger partial charge in [0, 0.05) is 17.9 Å². The Morgan fingerprint density at radius 3 is 2.50 bits per heavy atom. The first-order valence-corrected chi connectivity index (χ1v) is 6.78. The zero-order valence-corrected chi connectivity index (χ0v) is 11.8. The van der Waals surface area contributed by atoms with Crippen molar-refractivity contribution >= 4 is 5.91 Å². The van der Waals surface area contributed by atoms with E-state index in [1.807, 2.05) is 0 Å². The highest BCUT2D eigenvalue weighted by molar-refractivity contribution is 5.81. The van der Waals surface area contributed by atoms with E-state index in [1.54, 1.807) is 0 Å². The SMILES string of the molecule is Cc1ccc(C2(C)CC(=O)NC2CC(C)C)cc1. The number of rotatable bonds is 3. The van der Waals surface area contributed by atoms with Crippen LogP contribution in [0.4, 0.5) is 0 Å². The molecule has 18 heavy (non-hydrogen) atoms. The van der Waals surface area contributed by atoms with E-state index in [9.17, 15) is 4.79 Å². The molecule has 2 atom stereocenters. The maximum Gasteiger partial charge on any atom is 0.221 e. The van der Waals surface area contributed by atoms with Gasteiger partial charge in [0.15, 0.2) is 0 Å². The first-order chi connectivity index (χ1) is 8.41. The number of carbonyl (C=O) groups excluding carboxylic acids is 1. The Balaban J connectivity index is 2.31. The van der Waals surface area contributed by atoms with Crippen LogP contribution >= 0.6 is 0 Å². The second kappa shape index (κ2) is 4.75. The average molecular weight is 245 g/mol. The van der Waals surface area contributed by atoms with Crippen molar-refractivity contribution in [2.45, 2.75) is 52.0 Å². The molecule has 0 spiro atoms. The van der Waals surface area contributed by atoms with Crippen LogP contribution in [0.25, 0.3) is 0 Å². The summed E-state index contributed by atoms with van der Waals surface area (Å²) < 4.78 is 0. The number of nitrogens with one attached hydrogen (secondary N) is 1. The number of aryl methyl sites for hydroxylation is 1. The van der Waals surface area contributed by atoms with E-state index in [4.69, 9.17) is 0 Å². The normalized spacial score (nSPS) is 27.6. The number of benzene rings is 1. The van der Waals surface area contributed by atoms with Gasteiger partial charge in [-0.15, -0.1) is 0 Å². The smallest absolute Gasteiger partial charge is 0.221 e. The molecule has 2 rings (SSSR count). The quantitative estimate of drug-likeness (QED) is 0.870. The molecule has 0 aromatic heterocycles. The average Bonchev–Trinajstić information content (AvgIpc) is 2.54. The van der Waals surface area contributed by atoms with Gasteiger partial charge >= 0.3 is 0 Å². The third kappa shape index (κ3) is 2.43. The summed E-state index contributed by atoms with van der Waals surface area (Å²) in [5, 5.41) is 3.15. The molecule has 2 heteroatoms. The van der Waals surface area contributed by atoms with Crippen molar-refractivity contribution < 1.29 is 4.79 Å². The van der Waals surface area contributed by atoms with Crippen LogP contribution in [0, 0.1) is 12.8 Å². The van der Waals surface area contributed by atoms with Gasteiger partial charge in [-0.25, -0.2) is 0 Å². The predicted octanol–water partition coefficient (Wildman–Crippen LogP) is 3.19. The Morgan fingerprint density at radius 2 is 1.94 bits per heavy atom. The standard InChI is InChI=1S/C16H23NO/c1-11(2)9-14-16(4,10-15(18)17-14)13-7-5-12(3)6-8-13/h5-8,11,14H,9-10H2,1-4H3,(H,17,18). The second-order valence-corrected chi connectivity index (χ2v) is 6.21. The molecule has 1 saturated heterocycles. The fraction of sp³-hybridized carbons (Fsp3) is 0.562. The van der Waals surface area contributed by atoms with Crippen LogP contribution < -0.4 is 5.32 Å². The molecule has 1 heterocycles. The van der Waals surface area contributed by atoms with Gasteiger partial charge in [-0.3, -0.25) is 4.79 Å². The molecule has 0 saturated carbocycles. The Labute approximate surface area is 110 Å². The lowest BCUT2D eigenvalue weighted by Gasteiger charge is -2.32. The summed E-state index contributed by atoms with van der Waals surface area (Å²) in [6, 6.07) is 8.87. The number of carbonyl (C=O) groups is 1. The molecule has 1 amide bonds. The molecule has 1 aromatic rings. The molecule has 0 aliphatic carbocycles. The van der Waals surface area contributed by atoms with Crippen molar-refractivity contribution in [2.75, 3.05) is 0 Å². The van der Waals surface area contributed by atoms with E-state index in [0.717, 1.165) is 6.42 Å². The first-order valence-electron chi connectivity index (χ1n) is 6.78. The van der Waals surface area contributed by atoms with E-state index in [2.05, 4.69) is 57.3 Å². The summed E-state index contributed by atoms with van der Waals surface area (Å²) >= 11 is 0. The molecule has 0 bridgehead atoms. The van der Waals surface area contributed by atoms with Crippen LogP contribution in [0.2, 0.25) is 0 Å². The summed E-state index contributed by atoms with van der Waals surface area (Å²) in [6.45, 7) is 8.72. The Morgan fingerprint density at radius 1 is 1.33 bits per heavy atom. The zero-order valence-electron chi connectivity index (χ0n) is 11.8. The first kappa shape index (κ1) is 13.1. The van der Waals surface area contributed by atoms with E-state index in [1.165, 1.54) is 11.1 Å². The zero-order chi connectivity index (χ0) is 13.3. The molecule has 0 radical (unpaired) electrons. The molecule has 1 N–H and O–H groups in total. The van der Waals surface area contributed by atoms with Gasteiger partial charge in [-0.05, 0) is 24.8 Å². The number of hydrogen-bond donors (Lipinski definition) is 1. The van der Waals surface area contributed by atoms with E-state index in [0.29, 0.717) is 12.3 Å². The molecule has 1 aromatic carbocycles. The van der Waals surface area contributed by atoms with E-state index >= 15 is 0 Å². The summed E-state index contributed by atoms with van der Waals surface area (Å²) in [4.78, 5) is 11.8. The highest BCUT2D eigenvalue weighted by Gasteiger charge is 2.44.